The molecule has 8 heteroatoms. The van der Waals surface area contributed by atoms with Crippen LogP contribution in [0.3, 0.4) is 0 Å². The lowest BCUT2D eigenvalue weighted by Crippen LogP contribution is -2.44. The smallest absolute Gasteiger partial charge is 0.330 e. The Hall–Kier alpha value is -3.55. The van der Waals surface area contributed by atoms with Gasteiger partial charge in [-0.1, -0.05) is 38.1 Å². The van der Waals surface area contributed by atoms with Crippen molar-refractivity contribution >= 4 is 11.9 Å². The molecule has 0 aliphatic rings. The van der Waals surface area contributed by atoms with Gasteiger partial charge in [-0.05, 0) is 24.1 Å². The molecule has 0 saturated carbocycles. The van der Waals surface area contributed by atoms with E-state index in [2.05, 4.69) is 10.3 Å². The summed E-state index contributed by atoms with van der Waals surface area (Å²) in [6, 6.07) is 8.55. The van der Waals surface area contributed by atoms with Gasteiger partial charge in [-0.2, -0.15) is 0 Å². The van der Waals surface area contributed by atoms with Crippen molar-refractivity contribution < 1.29 is 23.1 Å². The molecule has 0 radical (unpaired) electrons. The van der Waals surface area contributed by atoms with Crippen LogP contribution in [0.4, 0.5) is 8.78 Å². The van der Waals surface area contributed by atoms with Crippen LogP contribution in [0.5, 0.6) is 0 Å². The Labute approximate surface area is 178 Å². The number of benzene rings is 2. The van der Waals surface area contributed by atoms with Crippen LogP contribution in [-0.4, -0.2) is 34.1 Å². The number of amides is 1. The van der Waals surface area contributed by atoms with Crippen LogP contribution in [0, 0.1) is 17.6 Å². The fraction of sp³-hybridized carbons (Fsp3) is 0.261. The van der Waals surface area contributed by atoms with Gasteiger partial charge >= 0.3 is 5.97 Å². The number of rotatable bonds is 8. The number of nitrogens with zero attached hydrogens (tertiary/aromatic N) is 2. The highest BCUT2D eigenvalue weighted by Gasteiger charge is 2.24. The second-order valence-electron chi connectivity index (χ2n) is 7.48. The first kappa shape index (κ1) is 22.1. The molecule has 1 N–H and O–H groups in total. The van der Waals surface area contributed by atoms with Crippen LogP contribution >= 0.6 is 0 Å². The first-order valence-electron chi connectivity index (χ1n) is 9.83. The molecule has 6 nitrogen and oxygen atoms in total. The topological polar surface area (TPSA) is 73.2 Å². The van der Waals surface area contributed by atoms with Gasteiger partial charge in [0.1, 0.15) is 17.7 Å². The van der Waals surface area contributed by atoms with Gasteiger partial charge in [0.15, 0.2) is 0 Å². The van der Waals surface area contributed by atoms with E-state index in [0.29, 0.717) is 0 Å². The molecule has 3 rings (SSSR count). The highest BCUT2D eigenvalue weighted by molar-refractivity contribution is 5.97. The number of esters is 1. The van der Waals surface area contributed by atoms with E-state index in [0.717, 1.165) is 6.07 Å². The molecule has 1 aromatic heterocycles. The van der Waals surface area contributed by atoms with Crippen LogP contribution in [0.15, 0.2) is 61.2 Å². The fourth-order valence-electron chi connectivity index (χ4n) is 2.93. The molecule has 162 valence electrons. The van der Waals surface area contributed by atoms with E-state index in [4.69, 9.17) is 4.74 Å². The second-order valence-corrected chi connectivity index (χ2v) is 7.48. The Balaban J connectivity index is 1.78. The molecule has 0 unspecified atom stereocenters. The lowest BCUT2D eigenvalue weighted by atomic mass is 10.0. The second kappa shape index (κ2) is 9.97. The van der Waals surface area contributed by atoms with Crippen LogP contribution in [0.2, 0.25) is 0 Å². The molecule has 0 saturated heterocycles. The normalized spacial score (nSPS) is 11.9. The molecule has 1 heterocycles. The highest BCUT2D eigenvalue weighted by atomic mass is 19.1. The van der Waals surface area contributed by atoms with Crippen molar-refractivity contribution in [3.8, 4) is 11.1 Å². The maximum Gasteiger partial charge on any atom is 0.330 e. The summed E-state index contributed by atoms with van der Waals surface area (Å²) >= 11 is 0. The van der Waals surface area contributed by atoms with Gasteiger partial charge in [0.2, 0.25) is 0 Å². The van der Waals surface area contributed by atoms with Crippen LogP contribution in [-0.2, 0) is 16.1 Å². The average molecular weight is 427 g/mol. The zero-order valence-corrected chi connectivity index (χ0v) is 17.2. The van der Waals surface area contributed by atoms with E-state index in [1.54, 1.807) is 23.0 Å². The largest absolute Gasteiger partial charge is 0.464 e. The van der Waals surface area contributed by atoms with E-state index < -0.39 is 29.6 Å². The average Bonchev–Trinajstić information content (AvgIpc) is 3.25. The molecule has 1 amide bonds. The number of aromatic nitrogens is 2. The molecule has 0 bridgehead atoms. The first-order valence-corrected chi connectivity index (χ1v) is 9.83. The number of halogens is 2. The number of carbonyl (C=O) groups is 2. The Morgan fingerprint density at radius 3 is 2.48 bits per heavy atom. The van der Waals surface area contributed by atoms with Gasteiger partial charge in [-0.25, -0.2) is 18.6 Å². The molecule has 0 aliphatic heterocycles. The SMILES string of the molecule is CC(C)COC(=O)[C@H](Cn1ccnc1)NC(=O)c1ccc(-c2ccccc2F)c(F)c1. The number of ether oxygens (including phenoxy) is 1. The number of carbonyl (C=O) groups excluding carboxylic acids is 2. The Morgan fingerprint density at radius 2 is 1.84 bits per heavy atom. The van der Waals surface area contributed by atoms with Gasteiger partial charge in [0.05, 0.1) is 19.5 Å². The van der Waals surface area contributed by atoms with Gasteiger partial charge in [-0.3, -0.25) is 4.79 Å². The predicted octanol–water partition coefficient (Wildman–Crippen LogP) is 3.83. The van der Waals surface area contributed by atoms with Crippen molar-refractivity contribution in [2.24, 2.45) is 5.92 Å². The summed E-state index contributed by atoms with van der Waals surface area (Å²) in [7, 11) is 0. The third-order valence-electron chi connectivity index (χ3n) is 4.50. The van der Waals surface area contributed by atoms with Crippen LogP contribution < -0.4 is 5.32 Å². The third-order valence-corrected chi connectivity index (χ3v) is 4.50. The molecule has 3 aromatic rings. The van der Waals surface area contributed by atoms with E-state index in [-0.39, 0.29) is 35.8 Å². The van der Waals surface area contributed by atoms with Crippen molar-refractivity contribution in [2.45, 2.75) is 26.4 Å². The van der Waals surface area contributed by atoms with E-state index >= 15 is 0 Å². The van der Waals surface area contributed by atoms with Gasteiger partial charge in [-0.15, -0.1) is 0 Å². The Morgan fingerprint density at radius 1 is 1.10 bits per heavy atom. The fourth-order valence-corrected chi connectivity index (χ4v) is 2.93. The zero-order valence-electron chi connectivity index (χ0n) is 17.2. The molecule has 0 fully saturated rings. The van der Waals surface area contributed by atoms with Gasteiger partial charge in [0, 0.05) is 29.1 Å². The molecular formula is C23H23F2N3O3. The minimum Gasteiger partial charge on any atom is -0.464 e. The minimum absolute atomic E-state index is 0.00452. The maximum atomic E-state index is 14.6. The maximum absolute atomic E-state index is 14.6. The summed E-state index contributed by atoms with van der Waals surface area (Å²) in [6.07, 6.45) is 4.71. The molecule has 2 aromatic carbocycles. The van der Waals surface area contributed by atoms with Crippen molar-refractivity contribution in [2.75, 3.05) is 6.61 Å². The quantitative estimate of drug-likeness (QED) is 0.555. The van der Waals surface area contributed by atoms with Crippen molar-refractivity contribution in [3.63, 3.8) is 0 Å². The summed E-state index contributed by atoms with van der Waals surface area (Å²) in [5.41, 5.74) is 0.146. The van der Waals surface area contributed by atoms with Crippen molar-refractivity contribution in [1.82, 2.24) is 14.9 Å². The minimum atomic E-state index is -0.991. The molecule has 31 heavy (non-hydrogen) atoms. The molecule has 0 aliphatic carbocycles. The number of imidazole rings is 1. The zero-order chi connectivity index (χ0) is 22.4. The summed E-state index contributed by atoms with van der Waals surface area (Å²) in [4.78, 5) is 29.1. The Bertz CT molecular complexity index is 1050. The molecule has 1 atom stereocenters. The monoisotopic (exact) mass is 427 g/mol. The summed E-state index contributed by atoms with van der Waals surface area (Å²) < 4.78 is 35.5. The number of hydrogen-bond donors (Lipinski definition) is 1. The van der Waals surface area contributed by atoms with Crippen LogP contribution in [0.25, 0.3) is 11.1 Å². The predicted molar refractivity (Wildman–Crippen MR) is 111 cm³/mol. The highest BCUT2D eigenvalue weighted by Crippen LogP contribution is 2.26. The van der Waals surface area contributed by atoms with E-state index in [1.165, 1.54) is 36.7 Å². The summed E-state index contributed by atoms with van der Waals surface area (Å²) in [5.74, 6) is -2.42. The Kier molecular flexibility index (Phi) is 7.12. The summed E-state index contributed by atoms with van der Waals surface area (Å²) in [5, 5.41) is 2.59. The van der Waals surface area contributed by atoms with Crippen molar-refractivity contribution in [3.05, 3.63) is 78.4 Å². The van der Waals surface area contributed by atoms with Gasteiger partial charge < -0.3 is 14.6 Å². The standard InChI is InChI=1S/C23H23F2N3O3/c1-15(2)13-31-23(30)21(12-28-10-9-26-14-28)27-22(29)16-7-8-18(20(25)11-16)17-5-3-4-6-19(17)24/h3-11,14-15,21H,12-13H2,1-2H3,(H,27,29)/t21-/m0/s1. The first-order chi connectivity index (χ1) is 14.8. The third kappa shape index (κ3) is 5.75. The van der Waals surface area contributed by atoms with E-state index in [1.807, 2.05) is 13.8 Å². The summed E-state index contributed by atoms with van der Waals surface area (Å²) in [6.45, 7) is 4.12. The van der Waals surface area contributed by atoms with E-state index in [9.17, 15) is 18.4 Å². The molecule has 0 spiro atoms. The van der Waals surface area contributed by atoms with Crippen molar-refractivity contribution in [1.29, 1.82) is 0 Å². The lowest BCUT2D eigenvalue weighted by Gasteiger charge is -2.19. The lowest BCUT2D eigenvalue weighted by molar-refractivity contribution is -0.147. The van der Waals surface area contributed by atoms with Gasteiger partial charge in [0.25, 0.3) is 5.91 Å². The molecular weight excluding hydrogens is 404 g/mol. The number of nitrogens with one attached hydrogen (secondary N) is 1. The number of hydrogen-bond acceptors (Lipinski definition) is 4. The van der Waals surface area contributed by atoms with Crippen LogP contribution in [0.1, 0.15) is 24.2 Å².